The van der Waals surface area contributed by atoms with Crippen molar-refractivity contribution >= 4 is 0 Å². The van der Waals surface area contributed by atoms with E-state index in [4.69, 9.17) is 9.47 Å². The first-order valence-corrected chi connectivity index (χ1v) is 10.7. The van der Waals surface area contributed by atoms with Crippen molar-refractivity contribution in [1.82, 2.24) is 0 Å². The van der Waals surface area contributed by atoms with Crippen LogP contribution in [0.4, 0.5) is 0 Å². The maximum atomic E-state index is 6.59. The zero-order chi connectivity index (χ0) is 20.8. The molecule has 1 atom stereocenters. The number of hydrogen-bond donors (Lipinski definition) is 0. The molecular formula is C26H38O2. The van der Waals surface area contributed by atoms with Crippen LogP contribution in [-0.4, -0.2) is 6.61 Å². The van der Waals surface area contributed by atoms with Gasteiger partial charge in [-0.1, -0.05) is 45.9 Å². The van der Waals surface area contributed by atoms with Crippen molar-refractivity contribution in [3.8, 4) is 11.5 Å². The summed E-state index contributed by atoms with van der Waals surface area (Å²) in [6.45, 7) is 18.5. The monoisotopic (exact) mass is 382 g/mol. The molecule has 0 aliphatic rings. The quantitative estimate of drug-likeness (QED) is 0.445. The van der Waals surface area contributed by atoms with E-state index in [1.54, 1.807) is 0 Å². The van der Waals surface area contributed by atoms with Gasteiger partial charge in [-0.15, -0.1) is 0 Å². The number of hydrogen-bond acceptors (Lipinski definition) is 2. The first-order valence-electron chi connectivity index (χ1n) is 10.7. The maximum absolute atomic E-state index is 6.59. The van der Waals surface area contributed by atoms with E-state index < -0.39 is 0 Å². The molecular weight excluding hydrogens is 344 g/mol. The molecule has 2 aromatic rings. The molecule has 0 bridgehead atoms. The summed E-state index contributed by atoms with van der Waals surface area (Å²) in [5.74, 6) is 3.06. The Balaban J connectivity index is 2.76. The fraction of sp³-hybridized carbons (Fsp3) is 0.538. The third-order valence-electron chi connectivity index (χ3n) is 5.31. The van der Waals surface area contributed by atoms with E-state index in [2.05, 4.69) is 55.4 Å². The molecule has 0 heterocycles. The molecule has 2 rings (SSSR count). The van der Waals surface area contributed by atoms with Crippen molar-refractivity contribution in [2.75, 3.05) is 6.61 Å². The minimum atomic E-state index is 0.00132. The minimum Gasteiger partial charge on any atom is -0.457 e. The maximum Gasteiger partial charge on any atom is 0.136 e. The van der Waals surface area contributed by atoms with Crippen molar-refractivity contribution < 1.29 is 9.47 Å². The molecule has 0 saturated carbocycles. The third-order valence-corrected chi connectivity index (χ3v) is 5.31. The Bertz CT molecular complexity index is 760. The van der Waals surface area contributed by atoms with E-state index in [1.165, 1.54) is 27.8 Å². The average molecular weight is 383 g/mol. The van der Waals surface area contributed by atoms with Crippen LogP contribution in [0, 0.1) is 25.7 Å². The van der Waals surface area contributed by atoms with Gasteiger partial charge < -0.3 is 9.47 Å². The van der Waals surface area contributed by atoms with E-state index in [-0.39, 0.29) is 6.10 Å². The Hall–Kier alpha value is -1.80. The average Bonchev–Trinajstić information content (AvgIpc) is 2.63. The summed E-state index contributed by atoms with van der Waals surface area (Å²) in [6.07, 6.45) is 2.09. The fourth-order valence-corrected chi connectivity index (χ4v) is 3.98. The van der Waals surface area contributed by atoms with Crippen LogP contribution in [0.2, 0.25) is 0 Å². The van der Waals surface area contributed by atoms with Gasteiger partial charge in [-0.25, -0.2) is 0 Å². The Morgan fingerprint density at radius 2 is 1.36 bits per heavy atom. The largest absolute Gasteiger partial charge is 0.457 e. The van der Waals surface area contributed by atoms with Crippen LogP contribution in [-0.2, 0) is 17.6 Å². The van der Waals surface area contributed by atoms with Gasteiger partial charge in [0.25, 0.3) is 0 Å². The summed E-state index contributed by atoms with van der Waals surface area (Å²) in [7, 11) is 0. The van der Waals surface area contributed by atoms with Gasteiger partial charge in [-0.05, 0) is 86.8 Å². The Kier molecular flexibility index (Phi) is 8.12. The van der Waals surface area contributed by atoms with E-state index in [0.717, 1.165) is 24.3 Å². The van der Waals surface area contributed by atoms with E-state index in [1.807, 2.05) is 30.3 Å². The van der Waals surface area contributed by atoms with Gasteiger partial charge in [0.05, 0.1) is 6.10 Å². The minimum absolute atomic E-state index is 0.00132. The second-order valence-corrected chi connectivity index (χ2v) is 8.66. The molecule has 28 heavy (non-hydrogen) atoms. The lowest BCUT2D eigenvalue weighted by Crippen LogP contribution is -2.14. The highest BCUT2D eigenvalue weighted by Gasteiger charge is 2.26. The number of para-hydroxylation sites is 1. The molecule has 0 amide bonds. The molecule has 0 N–H and O–H groups in total. The summed E-state index contributed by atoms with van der Waals surface area (Å²) >= 11 is 0. The van der Waals surface area contributed by atoms with Crippen LogP contribution in [0.3, 0.4) is 0 Å². The summed E-state index contributed by atoms with van der Waals surface area (Å²) in [5.41, 5.74) is 6.71. The lowest BCUT2D eigenvalue weighted by atomic mass is 9.83. The Labute approximate surface area is 172 Å². The Morgan fingerprint density at radius 3 is 1.89 bits per heavy atom. The standard InChI is InChI=1S/C26H38O2/c1-9-27-21(8)25-20(7)19(6)23(15-17(2)3)24(16-18(4)5)26(25)28-22-13-11-10-12-14-22/h10-14,17-18,21H,9,15-16H2,1-8H3. The van der Waals surface area contributed by atoms with Crippen molar-refractivity contribution in [2.24, 2.45) is 11.8 Å². The van der Waals surface area contributed by atoms with Crippen LogP contribution < -0.4 is 4.74 Å². The van der Waals surface area contributed by atoms with Gasteiger partial charge in [-0.2, -0.15) is 0 Å². The van der Waals surface area contributed by atoms with Crippen LogP contribution >= 0.6 is 0 Å². The molecule has 2 aromatic carbocycles. The highest BCUT2D eigenvalue weighted by Crippen LogP contribution is 2.42. The normalized spacial score (nSPS) is 12.6. The Morgan fingerprint density at radius 1 is 0.786 bits per heavy atom. The predicted octanol–water partition coefficient (Wildman–Crippen LogP) is 7.59. The van der Waals surface area contributed by atoms with Crippen molar-refractivity contribution in [3.05, 3.63) is 58.1 Å². The van der Waals surface area contributed by atoms with Gasteiger partial charge in [0.1, 0.15) is 11.5 Å². The molecule has 0 aliphatic carbocycles. The van der Waals surface area contributed by atoms with Gasteiger partial charge in [0, 0.05) is 12.2 Å². The van der Waals surface area contributed by atoms with Gasteiger partial charge >= 0.3 is 0 Å². The molecule has 0 saturated heterocycles. The highest BCUT2D eigenvalue weighted by atomic mass is 16.5. The van der Waals surface area contributed by atoms with Crippen LogP contribution in [0.1, 0.15) is 75.5 Å². The molecule has 0 fully saturated rings. The van der Waals surface area contributed by atoms with Crippen LogP contribution in [0.5, 0.6) is 11.5 Å². The van der Waals surface area contributed by atoms with Gasteiger partial charge in [0.2, 0.25) is 0 Å². The predicted molar refractivity (Wildman–Crippen MR) is 120 cm³/mol. The lowest BCUT2D eigenvalue weighted by molar-refractivity contribution is 0.0742. The highest BCUT2D eigenvalue weighted by molar-refractivity contribution is 5.57. The van der Waals surface area contributed by atoms with E-state index in [9.17, 15) is 0 Å². The fourth-order valence-electron chi connectivity index (χ4n) is 3.98. The zero-order valence-corrected chi connectivity index (χ0v) is 19.1. The van der Waals surface area contributed by atoms with Crippen molar-refractivity contribution in [1.29, 1.82) is 0 Å². The number of benzene rings is 2. The number of rotatable bonds is 9. The number of ether oxygens (including phenoxy) is 2. The smallest absolute Gasteiger partial charge is 0.136 e. The first kappa shape index (κ1) is 22.5. The molecule has 2 heteroatoms. The zero-order valence-electron chi connectivity index (χ0n) is 19.1. The molecule has 0 aromatic heterocycles. The molecule has 0 aliphatic heterocycles. The summed E-state index contributed by atoms with van der Waals surface area (Å²) in [5, 5.41) is 0. The van der Waals surface area contributed by atoms with E-state index in [0.29, 0.717) is 18.4 Å². The van der Waals surface area contributed by atoms with Crippen molar-refractivity contribution in [2.45, 2.75) is 74.3 Å². The summed E-state index contributed by atoms with van der Waals surface area (Å²) in [6, 6.07) is 10.1. The van der Waals surface area contributed by atoms with Crippen LogP contribution in [0.15, 0.2) is 30.3 Å². The molecule has 0 spiro atoms. The topological polar surface area (TPSA) is 18.5 Å². The second-order valence-electron chi connectivity index (χ2n) is 8.66. The molecule has 154 valence electrons. The second kappa shape index (κ2) is 10.1. The summed E-state index contributed by atoms with van der Waals surface area (Å²) in [4.78, 5) is 0. The molecule has 0 radical (unpaired) electrons. The molecule has 1 unspecified atom stereocenters. The van der Waals surface area contributed by atoms with E-state index >= 15 is 0 Å². The van der Waals surface area contributed by atoms with Gasteiger partial charge in [-0.3, -0.25) is 0 Å². The van der Waals surface area contributed by atoms with Crippen LogP contribution in [0.25, 0.3) is 0 Å². The lowest BCUT2D eigenvalue weighted by Gasteiger charge is -2.28. The van der Waals surface area contributed by atoms with Gasteiger partial charge in [0.15, 0.2) is 0 Å². The molecule has 2 nitrogen and oxygen atoms in total. The SMILES string of the molecule is CCOC(C)c1c(C)c(C)c(CC(C)C)c(CC(C)C)c1Oc1ccccc1. The first-order chi connectivity index (χ1) is 13.3. The summed E-state index contributed by atoms with van der Waals surface area (Å²) < 4.78 is 12.6. The third kappa shape index (κ3) is 5.38. The van der Waals surface area contributed by atoms with Crippen molar-refractivity contribution in [3.63, 3.8) is 0 Å².